The van der Waals surface area contributed by atoms with Gasteiger partial charge in [-0.25, -0.2) is 4.79 Å². The minimum Gasteiger partial charge on any atom is -0.449 e. The summed E-state index contributed by atoms with van der Waals surface area (Å²) in [6, 6.07) is 14.4. The quantitative estimate of drug-likeness (QED) is 0.865. The lowest BCUT2D eigenvalue weighted by molar-refractivity contribution is 0.1000. The van der Waals surface area contributed by atoms with Gasteiger partial charge in [-0.2, -0.15) is 0 Å². The number of rotatable bonds is 5. The molecule has 6 heteroatoms. The van der Waals surface area contributed by atoms with Crippen molar-refractivity contribution in [3.05, 3.63) is 54.1 Å². The molecule has 1 aliphatic rings. The van der Waals surface area contributed by atoms with Gasteiger partial charge in [0.25, 0.3) is 0 Å². The highest BCUT2D eigenvalue weighted by molar-refractivity contribution is 5.96. The fraction of sp³-hybridized carbons (Fsp3) is 0.300. The topological polar surface area (TPSA) is 84.7 Å². The molecular formula is C20H23N3O3. The summed E-state index contributed by atoms with van der Waals surface area (Å²) in [5.41, 5.74) is 8.01. The lowest BCUT2D eigenvalue weighted by Gasteiger charge is -2.14. The summed E-state index contributed by atoms with van der Waals surface area (Å²) in [5.74, 6) is -0.105. The molecule has 26 heavy (non-hydrogen) atoms. The average Bonchev–Trinajstić information content (AvgIpc) is 3.06. The molecule has 1 saturated heterocycles. The molecule has 3 N–H and O–H groups in total. The highest BCUT2D eigenvalue weighted by Crippen LogP contribution is 2.28. The summed E-state index contributed by atoms with van der Waals surface area (Å²) in [6.07, 6.45) is 0.568. The number of amides is 2. The van der Waals surface area contributed by atoms with Gasteiger partial charge in [-0.3, -0.25) is 10.1 Å². The third-order valence-corrected chi connectivity index (χ3v) is 4.56. The van der Waals surface area contributed by atoms with Crippen LogP contribution in [0.3, 0.4) is 0 Å². The number of likely N-dealkylation sites (tertiary alicyclic amines) is 1. The van der Waals surface area contributed by atoms with Crippen LogP contribution in [0.2, 0.25) is 0 Å². The Morgan fingerprint density at radius 3 is 2.77 bits per heavy atom. The molecule has 6 nitrogen and oxygen atoms in total. The predicted molar refractivity (Wildman–Crippen MR) is 101 cm³/mol. The maximum atomic E-state index is 12.2. The lowest BCUT2D eigenvalue weighted by Crippen LogP contribution is -2.21. The van der Waals surface area contributed by atoms with E-state index >= 15 is 0 Å². The van der Waals surface area contributed by atoms with Gasteiger partial charge in [0.2, 0.25) is 5.91 Å². The lowest BCUT2D eigenvalue weighted by atomic mass is 10.0. The zero-order valence-electron chi connectivity index (χ0n) is 14.8. The van der Waals surface area contributed by atoms with Gasteiger partial charge in [0.15, 0.2) is 0 Å². The summed E-state index contributed by atoms with van der Waals surface area (Å²) in [4.78, 5) is 25.8. The van der Waals surface area contributed by atoms with Crippen LogP contribution in [0.4, 0.5) is 10.5 Å². The van der Waals surface area contributed by atoms with Crippen LogP contribution in [-0.4, -0.2) is 43.6 Å². The summed E-state index contributed by atoms with van der Waals surface area (Å²) < 4.78 is 5.38. The van der Waals surface area contributed by atoms with Crippen LogP contribution in [-0.2, 0) is 4.74 Å². The van der Waals surface area contributed by atoms with E-state index in [9.17, 15) is 9.59 Å². The fourth-order valence-corrected chi connectivity index (χ4v) is 3.19. The van der Waals surface area contributed by atoms with E-state index in [2.05, 4.69) is 17.3 Å². The Labute approximate surface area is 152 Å². The zero-order valence-corrected chi connectivity index (χ0v) is 14.8. The third kappa shape index (κ3) is 4.40. The molecule has 1 heterocycles. The van der Waals surface area contributed by atoms with Crippen molar-refractivity contribution in [3.63, 3.8) is 0 Å². The summed E-state index contributed by atoms with van der Waals surface area (Å²) in [6.45, 7) is 2.40. The average molecular weight is 353 g/mol. The van der Waals surface area contributed by atoms with E-state index in [0.717, 1.165) is 30.6 Å². The second kappa shape index (κ2) is 8.01. The largest absolute Gasteiger partial charge is 0.449 e. The van der Waals surface area contributed by atoms with E-state index in [-0.39, 0.29) is 0 Å². The first-order valence-electron chi connectivity index (χ1n) is 8.64. The molecular weight excluding hydrogens is 330 g/mol. The SMILES string of the molecule is CN1CC[C@@H](COC(=O)Nc2ccccc2-c2cccc(C(N)=O)c2)C1. The molecule has 0 aliphatic carbocycles. The number of benzene rings is 2. The summed E-state index contributed by atoms with van der Waals surface area (Å²) in [7, 11) is 2.07. The van der Waals surface area contributed by atoms with Crippen molar-refractivity contribution >= 4 is 17.7 Å². The van der Waals surface area contributed by atoms with Gasteiger partial charge < -0.3 is 15.4 Å². The van der Waals surface area contributed by atoms with Gasteiger partial charge in [-0.1, -0.05) is 30.3 Å². The van der Waals surface area contributed by atoms with Crippen molar-refractivity contribution in [2.24, 2.45) is 11.7 Å². The van der Waals surface area contributed by atoms with Crippen molar-refractivity contribution in [3.8, 4) is 11.1 Å². The molecule has 1 fully saturated rings. The van der Waals surface area contributed by atoms with Gasteiger partial charge in [0.05, 0.1) is 12.3 Å². The van der Waals surface area contributed by atoms with E-state index in [4.69, 9.17) is 10.5 Å². The molecule has 1 atom stereocenters. The molecule has 0 bridgehead atoms. The Morgan fingerprint density at radius 2 is 2.04 bits per heavy atom. The van der Waals surface area contributed by atoms with Crippen LogP contribution >= 0.6 is 0 Å². The van der Waals surface area contributed by atoms with E-state index in [1.165, 1.54) is 0 Å². The Kier molecular flexibility index (Phi) is 5.53. The van der Waals surface area contributed by atoms with Gasteiger partial charge in [0.1, 0.15) is 0 Å². The van der Waals surface area contributed by atoms with Gasteiger partial charge in [-0.05, 0) is 43.8 Å². The summed E-state index contributed by atoms with van der Waals surface area (Å²) in [5, 5.41) is 2.80. The second-order valence-corrected chi connectivity index (χ2v) is 6.63. The van der Waals surface area contributed by atoms with Crippen molar-refractivity contribution in [2.75, 3.05) is 32.1 Å². The van der Waals surface area contributed by atoms with Gasteiger partial charge in [0, 0.05) is 23.6 Å². The number of para-hydroxylation sites is 1. The number of nitrogens with one attached hydrogen (secondary N) is 1. The molecule has 136 valence electrons. The molecule has 2 amide bonds. The number of anilines is 1. The Bertz CT molecular complexity index is 806. The highest BCUT2D eigenvalue weighted by Gasteiger charge is 2.21. The number of hydrogen-bond acceptors (Lipinski definition) is 4. The number of ether oxygens (including phenoxy) is 1. The maximum absolute atomic E-state index is 12.2. The van der Waals surface area contributed by atoms with E-state index in [0.29, 0.717) is 23.8 Å². The Balaban J connectivity index is 1.70. The molecule has 3 rings (SSSR count). The molecule has 2 aromatic rings. The number of hydrogen-bond donors (Lipinski definition) is 2. The van der Waals surface area contributed by atoms with E-state index < -0.39 is 12.0 Å². The number of carbonyl (C=O) groups excluding carboxylic acids is 2. The minimum atomic E-state index is -0.488. The Morgan fingerprint density at radius 1 is 1.23 bits per heavy atom. The maximum Gasteiger partial charge on any atom is 0.411 e. The summed E-state index contributed by atoms with van der Waals surface area (Å²) >= 11 is 0. The van der Waals surface area contributed by atoms with Crippen molar-refractivity contribution < 1.29 is 14.3 Å². The van der Waals surface area contributed by atoms with E-state index in [1.54, 1.807) is 24.3 Å². The molecule has 1 aliphatic heterocycles. The van der Waals surface area contributed by atoms with Crippen LogP contribution in [0.15, 0.2) is 48.5 Å². The predicted octanol–water partition coefficient (Wildman–Crippen LogP) is 2.95. The van der Waals surface area contributed by atoms with Gasteiger partial charge >= 0.3 is 6.09 Å². The van der Waals surface area contributed by atoms with Crippen LogP contribution in [0.1, 0.15) is 16.8 Å². The molecule has 0 spiro atoms. The molecule has 0 unspecified atom stereocenters. The van der Waals surface area contributed by atoms with Crippen LogP contribution in [0.5, 0.6) is 0 Å². The molecule has 0 radical (unpaired) electrons. The second-order valence-electron chi connectivity index (χ2n) is 6.63. The monoisotopic (exact) mass is 353 g/mol. The van der Waals surface area contributed by atoms with Crippen molar-refractivity contribution in [1.82, 2.24) is 4.90 Å². The standard InChI is InChI=1S/C20H23N3O3/c1-23-10-9-14(12-23)13-26-20(25)22-18-8-3-2-7-17(18)15-5-4-6-16(11-15)19(21)24/h2-8,11,14H,9-10,12-13H2,1H3,(H2,21,24)(H,22,25)/t14-/m1/s1. The van der Waals surface area contributed by atoms with E-state index in [1.807, 2.05) is 24.3 Å². The van der Waals surface area contributed by atoms with Gasteiger partial charge in [-0.15, -0.1) is 0 Å². The molecule has 0 saturated carbocycles. The van der Waals surface area contributed by atoms with Crippen molar-refractivity contribution in [2.45, 2.75) is 6.42 Å². The molecule has 2 aromatic carbocycles. The van der Waals surface area contributed by atoms with Crippen LogP contribution in [0, 0.1) is 5.92 Å². The number of carbonyl (C=O) groups is 2. The fourth-order valence-electron chi connectivity index (χ4n) is 3.19. The minimum absolute atomic E-state index is 0.383. The smallest absolute Gasteiger partial charge is 0.411 e. The number of nitrogens with zero attached hydrogens (tertiary/aromatic N) is 1. The first-order chi connectivity index (χ1) is 12.5. The normalized spacial score (nSPS) is 17.0. The first kappa shape index (κ1) is 17.9. The van der Waals surface area contributed by atoms with Crippen molar-refractivity contribution in [1.29, 1.82) is 0 Å². The Hall–Kier alpha value is -2.86. The first-order valence-corrected chi connectivity index (χ1v) is 8.64. The zero-order chi connectivity index (χ0) is 18.5. The number of nitrogens with two attached hydrogens (primary N) is 1. The highest BCUT2D eigenvalue weighted by atomic mass is 16.5. The van der Waals surface area contributed by atoms with Crippen LogP contribution in [0.25, 0.3) is 11.1 Å². The number of primary amides is 1. The molecule has 0 aromatic heterocycles. The third-order valence-electron chi connectivity index (χ3n) is 4.56. The van der Waals surface area contributed by atoms with Crippen LogP contribution < -0.4 is 11.1 Å².